The number of amides is 13. The third-order valence-electron chi connectivity index (χ3n) is 18.7. The van der Waals surface area contributed by atoms with Crippen LogP contribution in [0.1, 0.15) is 178 Å². The molecule has 0 radical (unpaired) electrons. The summed E-state index contributed by atoms with van der Waals surface area (Å²) in [5.74, 6) is -15.0. The zero-order valence-electron chi connectivity index (χ0n) is 67.6. The molecule has 1 unspecified atom stereocenters. The van der Waals surface area contributed by atoms with Crippen LogP contribution in [0.5, 0.6) is 0 Å². The lowest BCUT2D eigenvalue weighted by atomic mass is 9.86. The van der Waals surface area contributed by atoms with Crippen LogP contribution in [0.25, 0.3) is 11.1 Å². The minimum atomic E-state index is -2.15. The van der Waals surface area contributed by atoms with Crippen molar-refractivity contribution in [3.8, 4) is 11.1 Å². The highest BCUT2D eigenvalue weighted by molar-refractivity contribution is 6.00. The van der Waals surface area contributed by atoms with Gasteiger partial charge in [-0.15, -0.1) is 0 Å². The number of rotatable bonds is 24. The van der Waals surface area contributed by atoms with Gasteiger partial charge in [-0.05, 0) is 116 Å². The third-order valence-corrected chi connectivity index (χ3v) is 18.7. The lowest BCUT2D eigenvalue weighted by Crippen LogP contribution is -2.65. The molecule has 113 heavy (non-hydrogen) atoms. The van der Waals surface area contributed by atoms with Crippen LogP contribution in [0.2, 0.25) is 0 Å². The van der Waals surface area contributed by atoms with Gasteiger partial charge in [0.1, 0.15) is 72.6 Å². The number of guanidine groups is 1. The monoisotopic (exact) mass is 1580 g/mol. The Balaban J connectivity index is 1.72. The summed E-state index contributed by atoms with van der Waals surface area (Å²) in [5, 5.41) is 77.9. The number of carbonyl (C=O) groups excluding carboxylic acids is 13. The Labute approximate surface area is 660 Å². The molecule has 2 aliphatic rings. The van der Waals surface area contributed by atoms with Gasteiger partial charge in [-0.3, -0.25) is 58.1 Å². The highest BCUT2D eigenvalue weighted by Gasteiger charge is 2.44. The average Bonchev–Trinajstić information content (AvgIpc) is 1.62. The van der Waals surface area contributed by atoms with E-state index in [1.54, 1.807) is 75.3 Å². The number of nitrogens with two attached hydrogens (primary N) is 1. The molecule has 1 aliphatic heterocycles. The van der Waals surface area contributed by atoms with E-state index < -0.39 is 222 Å². The first kappa shape index (κ1) is 93.1. The van der Waals surface area contributed by atoms with Gasteiger partial charge in [0.05, 0.1) is 37.9 Å². The lowest BCUT2D eigenvalue weighted by Gasteiger charge is -2.35. The Morgan fingerprint density at radius 3 is 1.63 bits per heavy atom. The second-order valence-corrected chi connectivity index (χ2v) is 33.0. The van der Waals surface area contributed by atoms with Gasteiger partial charge in [0.25, 0.3) is 0 Å². The summed E-state index contributed by atoms with van der Waals surface area (Å²) in [4.78, 5) is 191. The number of carbonyl (C=O) groups is 13. The molecule has 0 spiro atoms. The molecule has 5 rings (SSSR count). The Bertz CT molecular complexity index is 3770. The van der Waals surface area contributed by atoms with Gasteiger partial charge in [-0.1, -0.05) is 168 Å². The van der Waals surface area contributed by atoms with Crippen molar-refractivity contribution in [3.05, 3.63) is 95.6 Å². The van der Waals surface area contributed by atoms with Crippen molar-refractivity contribution in [1.82, 2.24) is 74.4 Å². The molecular formula is C79H120N16O18. The van der Waals surface area contributed by atoms with E-state index in [0.717, 1.165) is 29.2 Å². The molecule has 0 bridgehead atoms. The fraction of sp³-hybridized carbons (Fsp3) is 0.595. The van der Waals surface area contributed by atoms with Crippen molar-refractivity contribution in [1.29, 1.82) is 5.41 Å². The Hall–Kier alpha value is -10.5. The van der Waals surface area contributed by atoms with E-state index in [2.05, 4.69) is 74.4 Å². The van der Waals surface area contributed by atoms with Crippen molar-refractivity contribution in [2.24, 2.45) is 34.3 Å². The topological polar surface area (TPSA) is 519 Å². The van der Waals surface area contributed by atoms with E-state index in [1.807, 2.05) is 69.3 Å². The maximum atomic E-state index is 15.9. The van der Waals surface area contributed by atoms with Gasteiger partial charge in [0, 0.05) is 12.5 Å². The smallest absolute Gasteiger partial charge is 0.408 e. The van der Waals surface area contributed by atoms with E-state index in [0.29, 0.717) is 0 Å². The molecule has 3 aromatic carbocycles. The van der Waals surface area contributed by atoms with E-state index >= 15 is 19.2 Å². The van der Waals surface area contributed by atoms with Crippen LogP contribution in [0.15, 0.2) is 78.9 Å². The summed E-state index contributed by atoms with van der Waals surface area (Å²) >= 11 is 0. The Morgan fingerprint density at radius 1 is 0.575 bits per heavy atom. The summed E-state index contributed by atoms with van der Waals surface area (Å²) in [7, 11) is 0. The minimum absolute atomic E-state index is 0.00945. The number of aliphatic hydroxyl groups excluding tert-OH is 3. The number of aliphatic hydroxyl groups is 3. The number of benzene rings is 3. The van der Waals surface area contributed by atoms with Gasteiger partial charge in [0.2, 0.25) is 65.0 Å². The van der Waals surface area contributed by atoms with E-state index in [1.165, 1.54) is 38.1 Å². The van der Waals surface area contributed by atoms with Crippen LogP contribution in [0.4, 0.5) is 9.59 Å². The fourth-order valence-corrected chi connectivity index (χ4v) is 12.8. The van der Waals surface area contributed by atoms with Gasteiger partial charge >= 0.3 is 12.2 Å². The summed E-state index contributed by atoms with van der Waals surface area (Å²) in [6.45, 7) is 23.3. The molecule has 0 aromatic heterocycles. The first-order valence-electron chi connectivity index (χ1n) is 38.3. The van der Waals surface area contributed by atoms with Gasteiger partial charge in [-0.2, -0.15) is 0 Å². The van der Waals surface area contributed by atoms with Crippen molar-refractivity contribution < 1.29 is 87.1 Å². The van der Waals surface area contributed by atoms with Gasteiger partial charge in [0.15, 0.2) is 5.96 Å². The molecule has 14 atom stereocenters. The predicted molar refractivity (Wildman–Crippen MR) is 420 cm³/mol. The predicted octanol–water partition coefficient (Wildman–Crippen LogP) is 1.39. The number of ether oxygens (including phenoxy) is 2. The van der Waals surface area contributed by atoms with Crippen molar-refractivity contribution >= 4 is 83.1 Å². The highest BCUT2D eigenvalue weighted by atomic mass is 16.6. The third kappa shape index (κ3) is 29.5. The summed E-state index contributed by atoms with van der Waals surface area (Å²) in [6, 6.07) is 3.13. The average molecular weight is 1580 g/mol. The molecular weight excluding hydrogens is 1460 g/mol. The Kier molecular flexibility index (Phi) is 35.0. The van der Waals surface area contributed by atoms with E-state index in [4.69, 9.17) is 20.6 Å². The number of hydrogen-bond donors (Lipinski definition) is 19. The molecule has 0 saturated carbocycles. The van der Waals surface area contributed by atoms with Gasteiger partial charge in [-0.25, -0.2) is 9.59 Å². The van der Waals surface area contributed by atoms with Crippen LogP contribution in [-0.4, -0.2) is 210 Å². The van der Waals surface area contributed by atoms with E-state index in [-0.39, 0.29) is 57.2 Å². The lowest BCUT2D eigenvalue weighted by molar-refractivity contribution is -0.139. The maximum Gasteiger partial charge on any atom is 0.408 e. The Morgan fingerprint density at radius 2 is 1.09 bits per heavy atom. The fourth-order valence-electron chi connectivity index (χ4n) is 12.8. The minimum Gasteiger partial charge on any atom is -0.449 e. The second kappa shape index (κ2) is 42.4. The molecule has 1 heterocycles. The molecule has 1 aliphatic carbocycles. The highest BCUT2D eigenvalue weighted by Crippen LogP contribution is 2.44. The summed E-state index contributed by atoms with van der Waals surface area (Å²) < 4.78 is 11.3. The molecule has 624 valence electrons. The number of hydrogen-bond acceptors (Lipinski definition) is 19. The van der Waals surface area contributed by atoms with Crippen molar-refractivity contribution in [2.45, 2.75) is 239 Å². The molecule has 1 saturated heterocycles. The molecule has 1 fully saturated rings. The normalized spacial score (nSPS) is 22.4. The standard InChI is InChI=1S/C79H120N16O18/c1-17-43(6)58-71(107)92-59(44(7)97)70(106)83-38-57(98)85-55(37-84-75(110)112-40-50-48-30-23-21-28-46(48)47-29-22-24-31-49(47)50)68(104)89-56(39-96)69(105)93-60(45-26-19-18-20-27-45)61(94-67(103)53(35-77(8,9)10)88-66(102)54(36-78(11,12)13)90-76(111)113-79(14,15)16)72(108)95-62(63(99)42(4)5)73(109)87-52(34-41(2)3)65(101)86-51(64(100)91-58)32-25-33-82-74(80)81/h18-24,26-31,41-44,50-56,58-63,96-97,99H,17,25,32-40H2,1-16H3,(H,83,106)(H,84,110)(H,85,98)(H,86,101)(H,87,109)(H,88,102)(H,89,104)(H,90,111)(H,91,100)(H,92,107)(H,93,105)(H,94,103)(H,95,108)(H4,80,81,82)/t43-,44-,51+,52-,53-,54+,55-,56?,58-,59-,60+,61-,62-,63+/m0/s1. The van der Waals surface area contributed by atoms with Crippen LogP contribution in [-0.2, 0) is 62.2 Å². The maximum absolute atomic E-state index is 15.9. The van der Waals surface area contributed by atoms with Crippen molar-refractivity contribution in [2.75, 3.05) is 32.8 Å². The van der Waals surface area contributed by atoms with Crippen LogP contribution in [0, 0.1) is 34.0 Å². The molecule has 34 nitrogen and oxygen atoms in total. The van der Waals surface area contributed by atoms with Crippen LogP contribution < -0.4 is 80.2 Å². The van der Waals surface area contributed by atoms with Gasteiger partial charge < -0.3 is 105 Å². The summed E-state index contributed by atoms with van der Waals surface area (Å²) in [6.07, 6.45) is -5.75. The molecule has 20 N–H and O–H groups in total. The van der Waals surface area contributed by atoms with E-state index in [9.17, 15) is 58.5 Å². The first-order chi connectivity index (χ1) is 52.8. The SMILES string of the molecule is CC[C@H](C)[C@@H]1NC(=O)[C@@H](CCCNC(=N)N)NC(=O)[C@H](CC(C)C)NC(=O)[C@H]([C@H](O)C(C)C)NC(=O)[C@@H](NC(=O)[C@H](CC(C)(C)C)NC(=O)[C@@H](CC(C)(C)C)NC(=O)OC(C)(C)C)[C@@H](c2ccccc2)NC(=O)C(CO)NC(=O)[C@H](CNC(=O)OCC2c3ccccc3-c3ccccc32)NC(=O)CNC(=O)[C@H]([C@H](C)O)NC1=O. The number of alkyl carbamates (subject to hydrolysis) is 2. The quantitative estimate of drug-likeness (QED) is 0.0342. The summed E-state index contributed by atoms with van der Waals surface area (Å²) in [5.41, 5.74) is 6.75. The molecule has 3 aromatic rings. The number of nitrogens with one attached hydrogen (secondary N) is 15. The molecule has 34 heteroatoms. The zero-order chi connectivity index (χ0) is 84.6. The first-order valence-corrected chi connectivity index (χ1v) is 38.3. The van der Waals surface area contributed by atoms with Crippen molar-refractivity contribution in [3.63, 3.8) is 0 Å². The van der Waals surface area contributed by atoms with Crippen LogP contribution in [0.3, 0.4) is 0 Å². The zero-order valence-corrected chi connectivity index (χ0v) is 67.6. The number of fused-ring (bicyclic) bond motifs is 3. The second-order valence-electron chi connectivity index (χ2n) is 33.0. The largest absolute Gasteiger partial charge is 0.449 e. The molecule has 13 amide bonds. The van der Waals surface area contributed by atoms with Crippen LogP contribution >= 0.6 is 0 Å².